The van der Waals surface area contributed by atoms with Crippen molar-refractivity contribution in [2.45, 2.75) is 19.8 Å². The molecule has 7 heteroatoms. The van der Waals surface area contributed by atoms with E-state index < -0.39 is 11.7 Å². The van der Waals surface area contributed by atoms with E-state index in [1.54, 1.807) is 25.1 Å². The summed E-state index contributed by atoms with van der Waals surface area (Å²) in [6.07, 6.45) is 0.259. The zero-order chi connectivity index (χ0) is 18.2. The number of aryl methyl sites for hydroxylation is 1. The summed E-state index contributed by atoms with van der Waals surface area (Å²) in [5.41, 5.74) is 0.705. The van der Waals surface area contributed by atoms with Crippen molar-refractivity contribution in [3.05, 3.63) is 57.5 Å². The third-order valence-electron chi connectivity index (χ3n) is 3.54. The number of benzene rings is 1. The van der Waals surface area contributed by atoms with Gasteiger partial charge in [-0.05, 0) is 36.1 Å². The van der Waals surface area contributed by atoms with Crippen LogP contribution < -0.4 is 10.6 Å². The second kappa shape index (κ2) is 9.08. The average Bonchev–Trinajstić information content (AvgIpc) is 3.13. The van der Waals surface area contributed by atoms with E-state index in [9.17, 15) is 18.8 Å². The van der Waals surface area contributed by atoms with Crippen molar-refractivity contribution in [2.24, 2.45) is 0 Å². The lowest BCUT2D eigenvalue weighted by atomic mass is 10.1. The number of hydrogen-bond acceptors (Lipinski definition) is 4. The van der Waals surface area contributed by atoms with Crippen LogP contribution in [0.3, 0.4) is 0 Å². The maximum atomic E-state index is 13.4. The van der Waals surface area contributed by atoms with E-state index in [-0.39, 0.29) is 43.2 Å². The highest BCUT2D eigenvalue weighted by Gasteiger charge is 2.10. The minimum absolute atomic E-state index is 0.0557. The van der Waals surface area contributed by atoms with Gasteiger partial charge in [-0.3, -0.25) is 14.4 Å². The summed E-state index contributed by atoms with van der Waals surface area (Å²) in [6, 6.07) is 7.79. The molecule has 0 fully saturated rings. The van der Waals surface area contributed by atoms with Gasteiger partial charge in [-0.1, -0.05) is 12.1 Å². The SMILES string of the molecule is Cc1ccc(C(=O)NCCNC(=O)CCC(=O)c2cccs2)cc1F. The Balaban J connectivity index is 1.65. The fraction of sp³-hybridized carbons (Fsp3) is 0.278. The van der Waals surface area contributed by atoms with Crippen molar-refractivity contribution < 1.29 is 18.8 Å². The number of amides is 2. The molecule has 1 aromatic carbocycles. The molecule has 0 unspecified atom stereocenters. The molecule has 0 aliphatic heterocycles. The molecule has 1 heterocycles. The van der Waals surface area contributed by atoms with Gasteiger partial charge in [0.1, 0.15) is 5.82 Å². The molecule has 132 valence electrons. The molecule has 0 atom stereocenters. The van der Waals surface area contributed by atoms with E-state index in [0.29, 0.717) is 10.4 Å². The van der Waals surface area contributed by atoms with Crippen molar-refractivity contribution in [1.29, 1.82) is 0 Å². The average molecular weight is 362 g/mol. The van der Waals surface area contributed by atoms with Crippen molar-refractivity contribution in [3.8, 4) is 0 Å². The molecule has 25 heavy (non-hydrogen) atoms. The lowest BCUT2D eigenvalue weighted by molar-refractivity contribution is -0.121. The van der Waals surface area contributed by atoms with Gasteiger partial charge in [0.15, 0.2) is 5.78 Å². The summed E-state index contributed by atoms with van der Waals surface area (Å²) in [5, 5.41) is 7.05. The highest BCUT2D eigenvalue weighted by molar-refractivity contribution is 7.12. The van der Waals surface area contributed by atoms with Crippen LogP contribution in [0.5, 0.6) is 0 Å². The van der Waals surface area contributed by atoms with Gasteiger partial charge in [0.05, 0.1) is 4.88 Å². The Morgan fingerprint density at radius 3 is 2.52 bits per heavy atom. The zero-order valence-electron chi connectivity index (χ0n) is 13.8. The Labute approximate surface area is 149 Å². The van der Waals surface area contributed by atoms with Crippen LogP contribution in [-0.2, 0) is 4.79 Å². The van der Waals surface area contributed by atoms with Crippen LogP contribution in [0.1, 0.15) is 38.4 Å². The van der Waals surface area contributed by atoms with Gasteiger partial charge in [-0.25, -0.2) is 4.39 Å². The summed E-state index contributed by atoms with van der Waals surface area (Å²) >= 11 is 1.35. The van der Waals surface area contributed by atoms with Gasteiger partial charge in [0, 0.05) is 31.5 Å². The van der Waals surface area contributed by atoms with Gasteiger partial charge >= 0.3 is 0 Å². The largest absolute Gasteiger partial charge is 0.354 e. The first-order valence-electron chi connectivity index (χ1n) is 7.85. The Kier molecular flexibility index (Phi) is 6.82. The third-order valence-corrected chi connectivity index (χ3v) is 4.45. The first-order valence-corrected chi connectivity index (χ1v) is 8.73. The van der Waals surface area contributed by atoms with Crippen LogP contribution in [0.2, 0.25) is 0 Å². The first-order chi connectivity index (χ1) is 12.0. The Morgan fingerprint density at radius 1 is 1.08 bits per heavy atom. The fourth-order valence-electron chi connectivity index (χ4n) is 2.09. The van der Waals surface area contributed by atoms with Crippen LogP contribution in [0, 0.1) is 12.7 Å². The molecule has 0 bridgehead atoms. The number of carbonyl (C=O) groups is 3. The van der Waals surface area contributed by atoms with Gasteiger partial charge in [0.25, 0.3) is 5.91 Å². The van der Waals surface area contributed by atoms with Crippen molar-refractivity contribution >= 4 is 28.9 Å². The number of nitrogens with one attached hydrogen (secondary N) is 2. The van der Waals surface area contributed by atoms with Gasteiger partial charge in [-0.15, -0.1) is 11.3 Å². The van der Waals surface area contributed by atoms with Crippen LogP contribution >= 0.6 is 11.3 Å². The molecule has 2 amide bonds. The Bertz CT molecular complexity index is 760. The molecule has 5 nitrogen and oxygen atoms in total. The molecule has 1 aromatic heterocycles. The molecule has 0 spiro atoms. The number of ketones is 1. The molecular formula is C18H19FN2O3S. The van der Waals surface area contributed by atoms with E-state index >= 15 is 0 Å². The number of thiophene rings is 1. The van der Waals surface area contributed by atoms with E-state index in [1.165, 1.54) is 23.5 Å². The topological polar surface area (TPSA) is 75.3 Å². The van der Waals surface area contributed by atoms with Gasteiger partial charge < -0.3 is 10.6 Å². The zero-order valence-corrected chi connectivity index (χ0v) is 14.6. The lowest BCUT2D eigenvalue weighted by Gasteiger charge is -2.07. The van der Waals surface area contributed by atoms with Crippen LogP contribution in [0.25, 0.3) is 0 Å². The van der Waals surface area contributed by atoms with E-state index in [4.69, 9.17) is 0 Å². The van der Waals surface area contributed by atoms with E-state index in [2.05, 4.69) is 10.6 Å². The monoisotopic (exact) mass is 362 g/mol. The van der Waals surface area contributed by atoms with Gasteiger partial charge in [-0.2, -0.15) is 0 Å². The van der Waals surface area contributed by atoms with Crippen molar-refractivity contribution in [2.75, 3.05) is 13.1 Å². The maximum Gasteiger partial charge on any atom is 0.251 e. The molecular weight excluding hydrogens is 343 g/mol. The smallest absolute Gasteiger partial charge is 0.251 e. The first kappa shape index (κ1) is 18.8. The highest BCUT2D eigenvalue weighted by atomic mass is 32.1. The van der Waals surface area contributed by atoms with Crippen molar-refractivity contribution in [1.82, 2.24) is 10.6 Å². The normalized spacial score (nSPS) is 10.3. The summed E-state index contributed by atoms with van der Waals surface area (Å²) in [4.78, 5) is 36.0. The predicted octanol–water partition coefficient (Wildman–Crippen LogP) is 2.70. The second-order valence-corrected chi connectivity index (χ2v) is 6.42. The number of carbonyl (C=O) groups excluding carboxylic acids is 3. The van der Waals surface area contributed by atoms with Crippen LogP contribution in [-0.4, -0.2) is 30.7 Å². The maximum absolute atomic E-state index is 13.4. The molecule has 2 aromatic rings. The molecule has 2 N–H and O–H groups in total. The lowest BCUT2D eigenvalue weighted by Crippen LogP contribution is -2.34. The van der Waals surface area contributed by atoms with Crippen molar-refractivity contribution in [3.63, 3.8) is 0 Å². The molecule has 0 radical (unpaired) electrons. The quantitative estimate of drug-likeness (QED) is 0.560. The molecule has 0 saturated carbocycles. The third kappa shape index (κ3) is 5.79. The highest BCUT2D eigenvalue weighted by Crippen LogP contribution is 2.12. The number of Topliss-reactive ketones (excluding diaryl/α,β-unsaturated/α-hetero) is 1. The Hall–Kier alpha value is -2.54. The fourth-order valence-corrected chi connectivity index (χ4v) is 2.78. The second-order valence-electron chi connectivity index (χ2n) is 5.47. The number of rotatable bonds is 8. The molecule has 0 aliphatic carbocycles. The summed E-state index contributed by atoms with van der Waals surface area (Å²) < 4.78 is 13.4. The number of halogens is 1. The van der Waals surface area contributed by atoms with Crippen LogP contribution in [0.4, 0.5) is 4.39 Å². The minimum atomic E-state index is -0.434. The summed E-state index contributed by atoms with van der Waals surface area (Å²) in [6.45, 7) is 2.08. The minimum Gasteiger partial charge on any atom is -0.354 e. The predicted molar refractivity (Wildman–Crippen MR) is 94.4 cm³/mol. The Morgan fingerprint density at radius 2 is 1.84 bits per heavy atom. The molecule has 0 aliphatic rings. The number of hydrogen-bond donors (Lipinski definition) is 2. The van der Waals surface area contributed by atoms with E-state index in [1.807, 2.05) is 5.38 Å². The van der Waals surface area contributed by atoms with E-state index in [0.717, 1.165) is 0 Å². The van der Waals surface area contributed by atoms with Crippen LogP contribution in [0.15, 0.2) is 35.7 Å². The molecule has 2 rings (SSSR count). The van der Waals surface area contributed by atoms with Gasteiger partial charge in [0.2, 0.25) is 5.91 Å². The summed E-state index contributed by atoms with van der Waals surface area (Å²) in [5.74, 6) is -1.14. The molecule has 0 saturated heterocycles. The summed E-state index contributed by atoms with van der Waals surface area (Å²) in [7, 11) is 0. The standard InChI is InChI=1S/C18H19FN2O3S/c1-12-4-5-13(11-14(12)19)18(24)21-9-8-20-17(23)7-6-15(22)16-3-2-10-25-16/h2-5,10-11H,6-9H2,1H3,(H,20,23)(H,21,24).